The summed E-state index contributed by atoms with van der Waals surface area (Å²) in [6, 6.07) is 0. The Morgan fingerprint density at radius 2 is 1.57 bits per heavy atom. The molecule has 4 atom stereocenters. The van der Waals surface area contributed by atoms with E-state index < -0.39 is 47.4 Å². The van der Waals surface area contributed by atoms with Gasteiger partial charge in [-0.2, -0.15) is 0 Å². The molecule has 1 fully saturated rings. The number of esters is 4. The highest BCUT2D eigenvalue weighted by Gasteiger charge is 2.47. The predicted octanol–water partition coefficient (Wildman–Crippen LogP) is 0.460. The van der Waals surface area contributed by atoms with Crippen LogP contribution in [0, 0.1) is 0 Å². The van der Waals surface area contributed by atoms with E-state index >= 15 is 0 Å². The first-order valence-corrected chi connectivity index (χ1v) is 8.02. The molecule has 0 saturated carbocycles. The zero-order valence-electron chi connectivity index (χ0n) is 13.4. The van der Waals surface area contributed by atoms with E-state index in [1.54, 1.807) is 0 Å². The summed E-state index contributed by atoms with van der Waals surface area (Å²) in [5, 5.41) is -0.508. The van der Waals surface area contributed by atoms with Gasteiger partial charge in [-0.05, 0) is 0 Å². The van der Waals surface area contributed by atoms with Crippen LogP contribution >= 0.6 is 11.8 Å². The summed E-state index contributed by atoms with van der Waals surface area (Å²) < 4.78 is 20.5. The van der Waals surface area contributed by atoms with Crippen LogP contribution in [0.1, 0.15) is 27.7 Å². The van der Waals surface area contributed by atoms with Crippen LogP contribution < -0.4 is 0 Å². The quantitative estimate of drug-likeness (QED) is 0.500. The number of carbonyl (C=O) groups is 4. The average Bonchev–Trinajstić information content (AvgIpc) is 2.75. The lowest BCUT2D eigenvalue weighted by atomic mass is 10.1. The molecule has 0 radical (unpaired) electrons. The van der Waals surface area contributed by atoms with Crippen molar-refractivity contribution >= 4 is 35.6 Å². The number of carbonyl (C=O) groups excluding carboxylic acids is 4. The molecule has 0 spiro atoms. The van der Waals surface area contributed by atoms with Crippen LogP contribution in [0.4, 0.5) is 0 Å². The van der Waals surface area contributed by atoms with E-state index in [4.69, 9.17) is 18.9 Å². The summed E-state index contributed by atoms with van der Waals surface area (Å²) in [5.74, 6) is -1.75. The fraction of sp³-hybridized carbons (Fsp3) is 0.714. The van der Waals surface area contributed by atoms with Gasteiger partial charge in [-0.15, -0.1) is 11.8 Å². The van der Waals surface area contributed by atoms with Crippen LogP contribution in [0.2, 0.25) is 0 Å². The summed E-state index contributed by atoms with van der Waals surface area (Å²) in [5.41, 5.74) is 0. The van der Waals surface area contributed by atoms with Crippen LogP contribution in [0.15, 0.2) is 0 Å². The zero-order chi connectivity index (χ0) is 17.6. The summed E-state index contributed by atoms with van der Waals surface area (Å²) in [7, 11) is 0. The molecule has 0 aliphatic carbocycles. The standard InChI is InChI=1S/C14H20O8S/c1-7(15)19-5-11(20-8(2)16)14-13(22-10(4)18)12(6-23-14)21-9(3)17/h11-14H,5-6H2,1-4H3/t11-,12+,13-,14+/m1/s1. The molecule has 1 aliphatic heterocycles. The Hall–Kier alpha value is -1.77. The van der Waals surface area contributed by atoms with Crippen molar-refractivity contribution in [1.82, 2.24) is 0 Å². The van der Waals surface area contributed by atoms with Crippen molar-refractivity contribution in [2.45, 2.75) is 51.3 Å². The van der Waals surface area contributed by atoms with Crippen LogP contribution in [0.5, 0.6) is 0 Å². The predicted molar refractivity (Wildman–Crippen MR) is 79.5 cm³/mol. The van der Waals surface area contributed by atoms with Gasteiger partial charge in [0.15, 0.2) is 12.2 Å². The van der Waals surface area contributed by atoms with Crippen LogP contribution in [-0.4, -0.2) is 59.8 Å². The lowest BCUT2D eigenvalue weighted by molar-refractivity contribution is -0.168. The van der Waals surface area contributed by atoms with Gasteiger partial charge in [-0.1, -0.05) is 0 Å². The normalized spacial score (nSPS) is 24.4. The van der Waals surface area contributed by atoms with E-state index in [1.807, 2.05) is 0 Å². The third kappa shape index (κ3) is 6.47. The number of hydrogen-bond donors (Lipinski definition) is 0. The minimum absolute atomic E-state index is 0.170. The zero-order valence-corrected chi connectivity index (χ0v) is 14.2. The molecule has 0 N–H and O–H groups in total. The second-order valence-electron chi connectivity index (χ2n) is 4.97. The Balaban J connectivity index is 2.91. The van der Waals surface area contributed by atoms with E-state index in [0.717, 1.165) is 0 Å². The molecule has 1 aliphatic rings. The summed E-state index contributed by atoms with van der Waals surface area (Å²) in [6.45, 7) is 4.78. The van der Waals surface area contributed by atoms with Gasteiger partial charge in [0.1, 0.15) is 12.7 Å². The lowest BCUT2D eigenvalue weighted by Gasteiger charge is -2.28. The van der Waals surface area contributed by atoms with Crippen molar-refractivity contribution < 1.29 is 38.1 Å². The molecular weight excluding hydrogens is 328 g/mol. The van der Waals surface area contributed by atoms with Crippen molar-refractivity contribution in [2.24, 2.45) is 0 Å². The van der Waals surface area contributed by atoms with Gasteiger partial charge in [-0.3, -0.25) is 19.2 Å². The highest BCUT2D eigenvalue weighted by Crippen LogP contribution is 2.35. The van der Waals surface area contributed by atoms with Crippen molar-refractivity contribution in [3.8, 4) is 0 Å². The molecule has 0 bridgehead atoms. The molecular formula is C14H20O8S. The highest BCUT2D eigenvalue weighted by atomic mass is 32.2. The largest absolute Gasteiger partial charge is 0.462 e. The number of hydrogen-bond acceptors (Lipinski definition) is 9. The molecule has 0 aromatic heterocycles. The molecule has 0 amide bonds. The van der Waals surface area contributed by atoms with E-state index in [1.165, 1.54) is 39.5 Å². The van der Waals surface area contributed by atoms with Crippen LogP contribution in [0.25, 0.3) is 0 Å². The average molecular weight is 348 g/mol. The SMILES string of the molecule is CC(=O)OC[C@@H](OC(C)=O)[C@@H]1SC[C@H](OC(C)=O)[C@H]1OC(C)=O. The number of ether oxygens (including phenoxy) is 4. The van der Waals surface area contributed by atoms with E-state index in [-0.39, 0.29) is 6.61 Å². The topological polar surface area (TPSA) is 105 Å². The van der Waals surface area contributed by atoms with Crippen molar-refractivity contribution in [3.05, 3.63) is 0 Å². The van der Waals surface area contributed by atoms with Gasteiger partial charge >= 0.3 is 23.9 Å². The fourth-order valence-corrected chi connectivity index (χ4v) is 3.62. The Kier molecular flexibility index (Phi) is 7.34. The van der Waals surface area contributed by atoms with Crippen LogP contribution in [-0.2, 0) is 38.1 Å². The van der Waals surface area contributed by atoms with Crippen molar-refractivity contribution in [3.63, 3.8) is 0 Å². The molecule has 1 rings (SSSR count). The van der Waals surface area contributed by atoms with Gasteiger partial charge in [0.25, 0.3) is 0 Å². The maximum atomic E-state index is 11.3. The maximum absolute atomic E-state index is 11.3. The van der Waals surface area contributed by atoms with Gasteiger partial charge < -0.3 is 18.9 Å². The Morgan fingerprint density at radius 3 is 2.04 bits per heavy atom. The van der Waals surface area contributed by atoms with Crippen molar-refractivity contribution in [1.29, 1.82) is 0 Å². The van der Waals surface area contributed by atoms with Gasteiger partial charge in [0.05, 0.1) is 5.25 Å². The molecule has 1 saturated heterocycles. The first-order valence-electron chi connectivity index (χ1n) is 6.97. The summed E-state index contributed by atoms with van der Waals surface area (Å²) in [4.78, 5) is 44.8. The van der Waals surface area contributed by atoms with Crippen LogP contribution in [0.3, 0.4) is 0 Å². The van der Waals surface area contributed by atoms with E-state index in [2.05, 4.69) is 0 Å². The van der Waals surface area contributed by atoms with Gasteiger partial charge in [0.2, 0.25) is 0 Å². The Morgan fingerprint density at radius 1 is 0.957 bits per heavy atom. The first kappa shape index (κ1) is 19.3. The molecule has 0 unspecified atom stereocenters. The smallest absolute Gasteiger partial charge is 0.303 e. The fourth-order valence-electron chi connectivity index (χ4n) is 2.18. The monoisotopic (exact) mass is 348 g/mol. The lowest BCUT2D eigenvalue weighted by Crippen LogP contribution is -2.45. The van der Waals surface area contributed by atoms with Gasteiger partial charge in [0, 0.05) is 33.4 Å². The molecule has 0 aromatic rings. The number of rotatable bonds is 6. The summed E-state index contributed by atoms with van der Waals surface area (Å²) in [6.07, 6.45) is -2.26. The van der Waals surface area contributed by atoms with E-state index in [0.29, 0.717) is 5.75 Å². The third-order valence-electron chi connectivity index (χ3n) is 2.90. The first-order chi connectivity index (χ1) is 10.7. The summed E-state index contributed by atoms with van der Waals surface area (Å²) >= 11 is 1.32. The number of thioether (sulfide) groups is 1. The molecule has 8 nitrogen and oxygen atoms in total. The van der Waals surface area contributed by atoms with E-state index in [9.17, 15) is 19.2 Å². The second-order valence-corrected chi connectivity index (χ2v) is 6.18. The molecule has 23 heavy (non-hydrogen) atoms. The van der Waals surface area contributed by atoms with Gasteiger partial charge in [-0.25, -0.2) is 0 Å². The molecule has 130 valence electrons. The molecule has 0 aromatic carbocycles. The Bertz CT molecular complexity index is 477. The minimum atomic E-state index is -0.814. The maximum Gasteiger partial charge on any atom is 0.303 e. The Labute approximate surface area is 138 Å². The molecule has 1 heterocycles. The van der Waals surface area contributed by atoms with Crippen molar-refractivity contribution in [2.75, 3.05) is 12.4 Å². The third-order valence-corrected chi connectivity index (χ3v) is 4.37. The minimum Gasteiger partial charge on any atom is -0.462 e. The second kappa shape index (κ2) is 8.76. The molecule has 9 heteroatoms. The highest BCUT2D eigenvalue weighted by molar-refractivity contribution is 8.00.